The first-order chi connectivity index (χ1) is 12.2. The smallest absolute Gasteiger partial charge is 0.258 e. The van der Waals surface area contributed by atoms with Crippen molar-refractivity contribution in [3.63, 3.8) is 0 Å². The molecule has 0 saturated carbocycles. The molecule has 5 nitrogen and oxygen atoms in total. The molecule has 1 amide bonds. The minimum atomic E-state index is -0.234. The molecule has 25 heavy (non-hydrogen) atoms. The number of carbonyl (C=O) groups is 1. The van der Waals surface area contributed by atoms with Crippen LogP contribution in [0.1, 0.15) is 10.4 Å². The van der Waals surface area contributed by atoms with E-state index in [1.807, 2.05) is 53.1 Å². The molecule has 2 N–H and O–H groups in total. The monoisotopic (exact) mass is 346 g/mol. The molecule has 0 unspecified atom stereocenters. The van der Waals surface area contributed by atoms with Crippen molar-refractivity contribution in [2.75, 3.05) is 5.32 Å². The summed E-state index contributed by atoms with van der Waals surface area (Å²) < 4.78 is 2.43. The number of benzene rings is 2. The van der Waals surface area contributed by atoms with Gasteiger partial charge < -0.3 is 10.3 Å². The first-order valence-corrected chi connectivity index (χ1v) is 8.15. The van der Waals surface area contributed by atoms with Crippen molar-refractivity contribution in [3.8, 4) is 5.69 Å². The molecule has 0 atom stereocenters. The van der Waals surface area contributed by atoms with Crippen LogP contribution in [0.2, 0.25) is 0 Å². The summed E-state index contributed by atoms with van der Waals surface area (Å²) in [5.41, 5.74) is 4.11. The van der Waals surface area contributed by atoms with Crippen LogP contribution >= 0.6 is 12.2 Å². The molecule has 4 aromatic rings. The molecule has 2 aromatic carbocycles. The molecular formula is C19H14N4OS. The molecule has 0 radical (unpaired) electrons. The molecule has 0 aliphatic rings. The number of nitrogens with zero attached hydrogens (tertiary/aromatic N) is 2. The van der Waals surface area contributed by atoms with Gasteiger partial charge in [-0.15, -0.1) is 0 Å². The Kier molecular flexibility index (Phi) is 3.87. The van der Waals surface area contributed by atoms with Gasteiger partial charge in [0.25, 0.3) is 5.91 Å². The van der Waals surface area contributed by atoms with Crippen LogP contribution in [0.15, 0.2) is 73.2 Å². The molecule has 6 heteroatoms. The van der Waals surface area contributed by atoms with Gasteiger partial charge in [0, 0.05) is 17.6 Å². The molecule has 4 rings (SSSR count). The minimum Gasteiger partial charge on any atom is -0.352 e. The van der Waals surface area contributed by atoms with Crippen molar-refractivity contribution in [2.24, 2.45) is 0 Å². The van der Waals surface area contributed by atoms with Gasteiger partial charge in [0.15, 0.2) is 0 Å². The quantitative estimate of drug-likeness (QED) is 0.543. The summed E-state index contributed by atoms with van der Waals surface area (Å²) in [5, 5.41) is 2.86. The van der Waals surface area contributed by atoms with Gasteiger partial charge in [0.2, 0.25) is 0 Å². The van der Waals surface area contributed by atoms with E-state index < -0.39 is 0 Å². The Bertz CT molecular complexity index is 1110. The van der Waals surface area contributed by atoms with E-state index in [2.05, 4.69) is 15.3 Å². The third-order valence-corrected chi connectivity index (χ3v) is 4.26. The molecule has 2 aromatic heterocycles. The highest BCUT2D eigenvalue weighted by atomic mass is 32.1. The minimum absolute atomic E-state index is 0.234. The normalized spacial score (nSPS) is 10.7. The van der Waals surface area contributed by atoms with Crippen molar-refractivity contribution < 1.29 is 4.79 Å². The first-order valence-electron chi connectivity index (χ1n) is 7.74. The second-order valence-electron chi connectivity index (χ2n) is 5.52. The molecule has 0 aliphatic heterocycles. The highest BCUT2D eigenvalue weighted by Crippen LogP contribution is 2.20. The van der Waals surface area contributed by atoms with Gasteiger partial charge in [0.1, 0.15) is 11.0 Å². The molecule has 122 valence electrons. The van der Waals surface area contributed by atoms with Crippen molar-refractivity contribution in [3.05, 3.63) is 83.4 Å². The zero-order chi connectivity index (χ0) is 17.2. The Balaban J connectivity index is 1.59. The number of carbonyl (C=O) groups excluding carboxylic acids is 1. The number of para-hydroxylation sites is 2. The number of hydrogen-bond donors (Lipinski definition) is 2. The van der Waals surface area contributed by atoms with Gasteiger partial charge in [-0.3, -0.25) is 9.36 Å². The largest absolute Gasteiger partial charge is 0.352 e. The van der Waals surface area contributed by atoms with Gasteiger partial charge in [-0.2, -0.15) is 0 Å². The van der Waals surface area contributed by atoms with Crippen LogP contribution in [0.3, 0.4) is 0 Å². The molecule has 0 saturated heterocycles. The summed E-state index contributed by atoms with van der Waals surface area (Å²) in [7, 11) is 0. The third-order valence-electron chi connectivity index (χ3n) is 3.92. The fourth-order valence-electron chi connectivity index (χ4n) is 2.67. The number of hydrogen-bond acceptors (Lipinski definition) is 3. The van der Waals surface area contributed by atoms with Gasteiger partial charge in [0.05, 0.1) is 16.6 Å². The number of anilines is 1. The molecular weight excluding hydrogens is 332 g/mol. The highest BCUT2D eigenvalue weighted by molar-refractivity contribution is 7.71. The SMILES string of the molecule is O=C(Nc1ccc(-n2cnc3ccccc32)cc1)c1ccc[nH]c1=S. The fraction of sp³-hybridized carbons (Fsp3) is 0. The van der Waals surface area contributed by atoms with Crippen LogP contribution in [0.5, 0.6) is 0 Å². The predicted octanol–water partition coefficient (Wildman–Crippen LogP) is 4.34. The summed E-state index contributed by atoms with van der Waals surface area (Å²) in [6, 6.07) is 19.0. The Morgan fingerprint density at radius 1 is 1.04 bits per heavy atom. The van der Waals surface area contributed by atoms with E-state index in [-0.39, 0.29) is 5.91 Å². The molecule has 0 spiro atoms. The van der Waals surface area contributed by atoms with Crippen molar-refractivity contribution >= 4 is 34.8 Å². The average Bonchev–Trinajstić information content (AvgIpc) is 3.07. The highest BCUT2D eigenvalue weighted by Gasteiger charge is 2.08. The van der Waals surface area contributed by atoms with Crippen LogP contribution in [0, 0.1) is 4.64 Å². The number of amides is 1. The van der Waals surface area contributed by atoms with Crippen LogP contribution in [0.25, 0.3) is 16.7 Å². The summed E-state index contributed by atoms with van der Waals surface area (Å²) >= 11 is 5.14. The lowest BCUT2D eigenvalue weighted by Gasteiger charge is -2.08. The Labute approximate surface area is 149 Å². The van der Waals surface area contributed by atoms with E-state index in [4.69, 9.17) is 12.2 Å². The fourth-order valence-corrected chi connectivity index (χ4v) is 2.90. The summed E-state index contributed by atoms with van der Waals surface area (Å²) in [6.45, 7) is 0. The predicted molar refractivity (Wildman–Crippen MR) is 101 cm³/mol. The van der Waals surface area contributed by atoms with Gasteiger partial charge >= 0.3 is 0 Å². The van der Waals surface area contributed by atoms with Crippen LogP contribution in [-0.2, 0) is 0 Å². The zero-order valence-electron chi connectivity index (χ0n) is 13.1. The Hall–Kier alpha value is -3.25. The number of imidazole rings is 1. The number of aromatic amines is 1. The molecule has 0 aliphatic carbocycles. The summed E-state index contributed by atoms with van der Waals surface area (Å²) in [5.74, 6) is -0.234. The summed E-state index contributed by atoms with van der Waals surface area (Å²) in [4.78, 5) is 19.6. The van der Waals surface area contributed by atoms with Crippen LogP contribution in [-0.4, -0.2) is 20.4 Å². The van der Waals surface area contributed by atoms with Crippen LogP contribution in [0.4, 0.5) is 5.69 Å². The van der Waals surface area contributed by atoms with E-state index in [1.165, 1.54) is 0 Å². The maximum absolute atomic E-state index is 12.3. The number of pyridine rings is 1. The van der Waals surface area contributed by atoms with Crippen molar-refractivity contribution in [1.82, 2.24) is 14.5 Å². The molecule has 0 bridgehead atoms. The standard InChI is InChI=1S/C19H14N4OS/c24-18(15-4-3-11-20-19(15)25)22-13-7-9-14(10-8-13)23-12-21-16-5-1-2-6-17(16)23/h1-12H,(H,20,25)(H,22,24). The van der Waals surface area contributed by atoms with E-state index in [0.717, 1.165) is 16.7 Å². The number of H-pyrrole nitrogens is 1. The van der Waals surface area contributed by atoms with Gasteiger partial charge in [-0.05, 0) is 48.5 Å². The number of aromatic nitrogens is 3. The second kappa shape index (κ2) is 6.33. The van der Waals surface area contributed by atoms with Crippen molar-refractivity contribution in [1.29, 1.82) is 0 Å². The Morgan fingerprint density at radius 2 is 1.84 bits per heavy atom. The van der Waals surface area contributed by atoms with Gasteiger partial charge in [-0.25, -0.2) is 4.98 Å². The number of rotatable bonds is 3. The average molecular weight is 346 g/mol. The van der Waals surface area contributed by atoms with E-state index in [1.54, 1.807) is 24.7 Å². The van der Waals surface area contributed by atoms with E-state index in [0.29, 0.717) is 15.9 Å². The lowest BCUT2D eigenvalue weighted by atomic mass is 10.2. The number of nitrogens with one attached hydrogen (secondary N) is 2. The molecule has 0 fully saturated rings. The maximum Gasteiger partial charge on any atom is 0.258 e. The topological polar surface area (TPSA) is 62.7 Å². The van der Waals surface area contributed by atoms with Crippen molar-refractivity contribution in [2.45, 2.75) is 0 Å². The maximum atomic E-state index is 12.3. The number of fused-ring (bicyclic) bond motifs is 1. The summed E-state index contributed by atoms with van der Waals surface area (Å²) in [6.07, 6.45) is 3.49. The second-order valence-corrected chi connectivity index (χ2v) is 5.93. The molecule has 2 heterocycles. The Morgan fingerprint density at radius 3 is 2.64 bits per heavy atom. The first kappa shape index (κ1) is 15.3. The lowest BCUT2D eigenvalue weighted by Crippen LogP contribution is -2.12. The van der Waals surface area contributed by atoms with Gasteiger partial charge in [-0.1, -0.05) is 24.4 Å². The third kappa shape index (κ3) is 2.95. The zero-order valence-corrected chi connectivity index (χ0v) is 14.0. The van der Waals surface area contributed by atoms with Crippen LogP contribution < -0.4 is 5.32 Å². The van der Waals surface area contributed by atoms with E-state index >= 15 is 0 Å². The van der Waals surface area contributed by atoms with E-state index in [9.17, 15) is 4.79 Å². The lowest BCUT2D eigenvalue weighted by molar-refractivity contribution is 0.102.